The summed E-state index contributed by atoms with van der Waals surface area (Å²) in [5, 5.41) is 5.53. The van der Waals surface area contributed by atoms with Crippen LogP contribution < -0.4 is 22.1 Å². The zero-order valence-electron chi connectivity index (χ0n) is 15.0. The normalized spacial score (nSPS) is 10.8. The van der Waals surface area contributed by atoms with Crippen LogP contribution in [0.3, 0.4) is 0 Å². The number of rotatable bonds is 7. The van der Waals surface area contributed by atoms with Gasteiger partial charge in [0.1, 0.15) is 11.6 Å². The highest BCUT2D eigenvalue weighted by Crippen LogP contribution is 2.31. The fourth-order valence-electron chi connectivity index (χ4n) is 2.79. The number of furan rings is 1. The first-order valence-corrected chi connectivity index (χ1v) is 8.30. The minimum absolute atomic E-state index is 0.116. The van der Waals surface area contributed by atoms with Crippen LogP contribution in [0.4, 0.5) is 10.6 Å². The molecular formula is C18H19N5O5. The summed E-state index contributed by atoms with van der Waals surface area (Å²) < 4.78 is 10.5. The Morgan fingerprint density at radius 3 is 2.64 bits per heavy atom. The molecule has 10 heteroatoms. The number of aromatic nitrogens is 1. The second-order valence-corrected chi connectivity index (χ2v) is 5.90. The molecule has 0 aliphatic heterocycles. The highest BCUT2D eigenvalue weighted by Gasteiger charge is 2.19. The number of carbonyl (C=O) groups excluding carboxylic acids is 3. The third-order valence-corrected chi connectivity index (χ3v) is 4.00. The molecule has 7 N–H and O–H groups in total. The first-order valence-electron chi connectivity index (χ1n) is 8.30. The lowest BCUT2D eigenvalue weighted by Crippen LogP contribution is -2.26. The van der Waals surface area contributed by atoms with Crippen molar-refractivity contribution in [3.8, 4) is 11.3 Å². The fraction of sp³-hybridized carbons (Fsp3) is 0.167. The molecule has 0 aliphatic carbocycles. The summed E-state index contributed by atoms with van der Waals surface area (Å²) in [6, 6.07) is 7.47. The van der Waals surface area contributed by atoms with E-state index in [2.05, 4.69) is 15.6 Å². The van der Waals surface area contributed by atoms with Gasteiger partial charge in [-0.1, -0.05) is 12.1 Å². The molecule has 0 saturated heterocycles. The van der Waals surface area contributed by atoms with E-state index in [0.29, 0.717) is 35.4 Å². The van der Waals surface area contributed by atoms with Gasteiger partial charge in [-0.3, -0.25) is 14.9 Å². The number of ether oxygens (including phenoxy) is 1. The van der Waals surface area contributed by atoms with Gasteiger partial charge in [-0.2, -0.15) is 0 Å². The lowest BCUT2D eigenvalue weighted by molar-refractivity contribution is 0.0909. The second-order valence-electron chi connectivity index (χ2n) is 5.90. The van der Waals surface area contributed by atoms with Crippen molar-refractivity contribution in [1.29, 1.82) is 0 Å². The van der Waals surface area contributed by atoms with E-state index in [0.717, 1.165) is 0 Å². The largest absolute Gasteiger partial charge is 0.451 e. The Balaban J connectivity index is 1.91. The molecule has 0 atom stereocenters. The second kappa shape index (κ2) is 7.84. The van der Waals surface area contributed by atoms with E-state index in [-0.39, 0.29) is 23.0 Å². The van der Waals surface area contributed by atoms with Gasteiger partial charge < -0.3 is 30.9 Å². The molecule has 4 amide bonds. The average Bonchev–Trinajstić information content (AvgIpc) is 3.25. The maximum absolute atomic E-state index is 12.0. The summed E-state index contributed by atoms with van der Waals surface area (Å²) in [5.74, 6) is -0.334. The summed E-state index contributed by atoms with van der Waals surface area (Å²) in [5.41, 5.74) is 11.9. The van der Waals surface area contributed by atoms with Crippen molar-refractivity contribution in [2.45, 2.75) is 0 Å². The average molecular weight is 385 g/mol. The zero-order valence-corrected chi connectivity index (χ0v) is 15.0. The molecule has 2 heterocycles. The van der Waals surface area contributed by atoms with Crippen LogP contribution in [-0.2, 0) is 4.74 Å². The van der Waals surface area contributed by atoms with Gasteiger partial charge in [-0.05, 0) is 18.2 Å². The first-order chi connectivity index (χ1) is 13.4. The predicted octanol–water partition coefficient (Wildman–Crippen LogP) is 1.39. The molecule has 0 bridgehead atoms. The number of nitrogens with one attached hydrogen (secondary N) is 3. The van der Waals surface area contributed by atoms with Crippen LogP contribution >= 0.6 is 0 Å². The van der Waals surface area contributed by atoms with Crippen molar-refractivity contribution in [3.63, 3.8) is 0 Å². The Morgan fingerprint density at radius 1 is 1.18 bits per heavy atom. The van der Waals surface area contributed by atoms with Crippen LogP contribution in [0.25, 0.3) is 22.2 Å². The quantitative estimate of drug-likeness (QED) is 0.387. The maximum Gasteiger partial charge on any atom is 0.317 e. The first kappa shape index (κ1) is 19.0. The van der Waals surface area contributed by atoms with Crippen LogP contribution in [0.1, 0.15) is 20.9 Å². The molecule has 3 rings (SSSR count). The molecular weight excluding hydrogens is 366 g/mol. The highest BCUT2D eigenvalue weighted by molar-refractivity contribution is 6.13. The standard InChI is InChI=1S/C18H19N5O5/c1-27-7-6-21-17(25)13-5-4-12(28-13)9-2-3-10-11(8-9)22-16(23-18(20)26)14(10)15(19)24/h2-5,8,22H,6-7H2,1H3,(H2,19,24)(H,21,25)(H3,20,23,26). The van der Waals surface area contributed by atoms with Gasteiger partial charge in [0, 0.05) is 30.1 Å². The molecule has 0 fully saturated rings. The molecule has 0 saturated carbocycles. The number of aromatic amines is 1. The monoisotopic (exact) mass is 385 g/mol. The summed E-state index contributed by atoms with van der Waals surface area (Å²) >= 11 is 0. The summed E-state index contributed by atoms with van der Waals surface area (Å²) in [7, 11) is 1.54. The van der Waals surface area contributed by atoms with E-state index in [9.17, 15) is 14.4 Å². The highest BCUT2D eigenvalue weighted by atomic mass is 16.5. The van der Waals surface area contributed by atoms with Gasteiger partial charge >= 0.3 is 6.03 Å². The van der Waals surface area contributed by atoms with Gasteiger partial charge in [0.15, 0.2) is 5.76 Å². The van der Waals surface area contributed by atoms with Crippen molar-refractivity contribution in [1.82, 2.24) is 10.3 Å². The molecule has 0 radical (unpaired) electrons. The lowest BCUT2D eigenvalue weighted by atomic mass is 10.1. The molecule has 0 unspecified atom stereocenters. The number of H-pyrrole nitrogens is 1. The number of hydrogen-bond acceptors (Lipinski definition) is 5. The Hall–Kier alpha value is -3.79. The Kier molecular flexibility index (Phi) is 5.32. The van der Waals surface area contributed by atoms with E-state index in [1.807, 2.05) is 0 Å². The minimum Gasteiger partial charge on any atom is -0.451 e. The molecule has 0 aliphatic rings. The topological polar surface area (TPSA) is 165 Å². The number of urea groups is 1. The van der Waals surface area contributed by atoms with Crippen LogP contribution in [0.15, 0.2) is 34.7 Å². The Bertz CT molecular complexity index is 1050. The third kappa shape index (κ3) is 3.81. The lowest BCUT2D eigenvalue weighted by Gasteiger charge is -2.02. The zero-order chi connectivity index (χ0) is 20.3. The van der Waals surface area contributed by atoms with Crippen LogP contribution in [0.5, 0.6) is 0 Å². The summed E-state index contributed by atoms with van der Waals surface area (Å²) in [6.07, 6.45) is 0. The third-order valence-electron chi connectivity index (χ3n) is 4.00. The number of benzene rings is 1. The van der Waals surface area contributed by atoms with Crippen molar-refractivity contribution in [2.75, 3.05) is 25.6 Å². The molecule has 1 aromatic carbocycles. The summed E-state index contributed by atoms with van der Waals surface area (Å²) in [4.78, 5) is 37.8. The molecule has 3 aromatic rings. The van der Waals surface area contributed by atoms with Crippen molar-refractivity contribution < 1.29 is 23.5 Å². The SMILES string of the molecule is COCCNC(=O)c1ccc(-c2ccc3c(C(N)=O)c(NC(N)=O)[nH]c3c2)o1. The van der Waals surface area contributed by atoms with Crippen LogP contribution in [0, 0.1) is 0 Å². The molecule has 2 aromatic heterocycles. The predicted molar refractivity (Wildman–Crippen MR) is 102 cm³/mol. The fourth-order valence-corrected chi connectivity index (χ4v) is 2.79. The Labute approximate surface area is 159 Å². The van der Waals surface area contributed by atoms with Gasteiger partial charge in [0.05, 0.1) is 12.2 Å². The minimum atomic E-state index is -0.829. The van der Waals surface area contributed by atoms with Gasteiger partial charge in [-0.25, -0.2) is 4.79 Å². The van der Waals surface area contributed by atoms with Crippen molar-refractivity contribution >= 4 is 34.6 Å². The molecule has 146 valence electrons. The summed E-state index contributed by atoms with van der Waals surface area (Å²) in [6.45, 7) is 0.762. The van der Waals surface area contributed by atoms with E-state index in [4.69, 9.17) is 20.6 Å². The van der Waals surface area contributed by atoms with Crippen LogP contribution in [0.2, 0.25) is 0 Å². The number of hydrogen-bond donors (Lipinski definition) is 5. The number of nitrogens with two attached hydrogens (primary N) is 2. The number of anilines is 1. The van der Waals surface area contributed by atoms with Crippen LogP contribution in [-0.4, -0.2) is 43.1 Å². The van der Waals surface area contributed by atoms with Gasteiger partial charge in [0.2, 0.25) is 0 Å². The maximum atomic E-state index is 12.0. The van der Waals surface area contributed by atoms with E-state index in [1.165, 1.54) is 0 Å². The molecule has 10 nitrogen and oxygen atoms in total. The van der Waals surface area contributed by atoms with E-state index >= 15 is 0 Å². The number of primary amides is 2. The number of amides is 4. The van der Waals surface area contributed by atoms with E-state index in [1.54, 1.807) is 37.4 Å². The number of carbonyl (C=O) groups is 3. The number of fused-ring (bicyclic) bond motifs is 1. The van der Waals surface area contributed by atoms with Crippen molar-refractivity contribution in [2.24, 2.45) is 11.5 Å². The van der Waals surface area contributed by atoms with Gasteiger partial charge in [-0.15, -0.1) is 0 Å². The number of methoxy groups -OCH3 is 1. The van der Waals surface area contributed by atoms with Crippen molar-refractivity contribution in [3.05, 3.63) is 41.7 Å². The van der Waals surface area contributed by atoms with E-state index < -0.39 is 11.9 Å². The Morgan fingerprint density at radius 2 is 1.96 bits per heavy atom. The smallest absolute Gasteiger partial charge is 0.317 e. The molecule has 28 heavy (non-hydrogen) atoms. The molecule has 0 spiro atoms. The van der Waals surface area contributed by atoms with Gasteiger partial charge in [0.25, 0.3) is 11.8 Å².